The number of hydrogen-bond donors (Lipinski definition) is 1. The van der Waals surface area contributed by atoms with Gasteiger partial charge in [0, 0.05) is 12.0 Å². The molecule has 0 unspecified atom stereocenters. The summed E-state index contributed by atoms with van der Waals surface area (Å²) >= 11 is 0. The molecule has 0 aliphatic carbocycles. The first-order valence-electron chi connectivity index (χ1n) is 5.63. The zero-order valence-corrected chi connectivity index (χ0v) is 10.2. The van der Waals surface area contributed by atoms with E-state index in [0.717, 1.165) is 12.8 Å². The Hall–Kier alpha value is -1.10. The summed E-state index contributed by atoms with van der Waals surface area (Å²) in [4.78, 5) is 28.3. The summed E-state index contributed by atoms with van der Waals surface area (Å²) in [5.41, 5.74) is -0.469. The molecule has 0 saturated carbocycles. The second-order valence-corrected chi connectivity index (χ2v) is 4.97. The van der Waals surface area contributed by atoms with Crippen LogP contribution >= 0.6 is 0 Å². The van der Waals surface area contributed by atoms with Gasteiger partial charge in [-0.05, 0) is 12.8 Å². The second kappa shape index (κ2) is 5.30. The van der Waals surface area contributed by atoms with Gasteiger partial charge >= 0.3 is 0 Å². The third kappa shape index (κ3) is 3.81. The molecule has 16 heavy (non-hydrogen) atoms. The number of hydroxylamine groups is 2. The molecular weight excluding hydrogens is 208 g/mol. The zero-order chi connectivity index (χ0) is 12.2. The summed E-state index contributed by atoms with van der Waals surface area (Å²) < 4.78 is 0. The van der Waals surface area contributed by atoms with E-state index in [1.54, 1.807) is 0 Å². The summed E-state index contributed by atoms with van der Waals surface area (Å²) in [5.74, 6) is -0.310. The number of carbonyl (C=O) groups is 2. The highest BCUT2D eigenvalue weighted by atomic mass is 16.7. The van der Waals surface area contributed by atoms with Gasteiger partial charge in [-0.25, -0.2) is 5.06 Å². The topological polar surface area (TPSA) is 58.6 Å². The monoisotopic (exact) mass is 228 g/mol. The summed E-state index contributed by atoms with van der Waals surface area (Å²) in [6, 6.07) is 0. The molecule has 1 fully saturated rings. The van der Waals surface area contributed by atoms with Crippen LogP contribution in [-0.4, -0.2) is 36.6 Å². The number of amides is 2. The lowest BCUT2D eigenvalue weighted by Crippen LogP contribution is -2.45. The molecule has 5 nitrogen and oxygen atoms in total. The van der Waals surface area contributed by atoms with E-state index in [1.165, 1.54) is 5.06 Å². The van der Waals surface area contributed by atoms with E-state index in [0.29, 0.717) is 13.2 Å². The van der Waals surface area contributed by atoms with Crippen LogP contribution < -0.4 is 5.32 Å². The van der Waals surface area contributed by atoms with Gasteiger partial charge in [-0.1, -0.05) is 20.8 Å². The first-order chi connectivity index (χ1) is 7.41. The average Bonchev–Trinajstić information content (AvgIpc) is 2.25. The molecule has 5 heteroatoms. The largest absolute Gasteiger partial charge is 0.346 e. The molecule has 0 aromatic rings. The van der Waals surface area contributed by atoms with Crippen molar-refractivity contribution >= 4 is 11.8 Å². The van der Waals surface area contributed by atoms with Gasteiger partial charge in [0.2, 0.25) is 5.91 Å². The van der Waals surface area contributed by atoms with Crippen molar-refractivity contribution in [2.24, 2.45) is 5.41 Å². The minimum Gasteiger partial charge on any atom is -0.346 e. The third-order valence-corrected chi connectivity index (χ3v) is 2.36. The summed E-state index contributed by atoms with van der Waals surface area (Å²) in [6.45, 7) is 6.64. The summed E-state index contributed by atoms with van der Waals surface area (Å²) in [7, 11) is 0. The highest BCUT2D eigenvalue weighted by Gasteiger charge is 2.23. The molecule has 1 aliphatic heterocycles. The molecule has 2 amide bonds. The van der Waals surface area contributed by atoms with E-state index < -0.39 is 5.41 Å². The van der Waals surface area contributed by atoms with E-state index in [1.807, 2.05) is 20.8 Å². The maximum Gasteiger partial charge on any atom is 0.265 e. The lowest BCUT2D eigenvalue weighted by molar-refractivity contribution is -0.196. The minimum absolute atomic E-state index is 0.0100. The molecule has 1 N–H and O–H groups in total. The Kier molecular flexibility index (Phi) is 4.29. The van der Waals surface area contributed by atoms with Gasteiger partial charge < -0.3 is 5.32 Å². The van der Waals surface area contributed by atoms with Crippen LogP contribution in [-0.2, 0) is 14.4 Å². The fraction of sp³-hybridized carbons (Fsp3) is 0.818. The smallest absolute Gasteiger partial charge is 0.265 e. The molecule has 92 valence electrons. The number of nitrogens with zero attached hydrogens (tertiary/aromatic N) is 1. The first kappa shape index (κ1) is 13.0. The van der Waals surface area contributed by atoms with Crippen molar-refractivity contribution in [2.75, 3.05) is 19.7 Å². The average molecular weight is 228 g/mol. The van der Waals surface area contributed by atoms with Crippen LogP contribution in [0.2, 0.25) is 0 Å². The molecule has 1 saturated heterocycles. The molecule has 0 radical (unpaired) electrons. The van der Waals surface area contributed by atoms with E-state index in [4.69, 9.17) is 4.84 Å². The maximum absolute atomic E-state index is 11.6. The van der Waals surface area contributed by atoms with Crippen molar-refractivity contribution in [2.45, 2.75) is 33.6 Å². The van der Waals surface area contributed by atoms with Gasteiger partial charge in [0.05, 0.1) is 13.2 Å². The fourth-order valence-electron chi connectivity index (χ4n) is 1.30. The highest BCUT2D eigenvalue weighted by Crippen LogP contribution is 2.12. The Bertz CT molecular complexity index is 265. The normalized spacial score (nSPS) is 17.1. The van der Waals surface area contributed by atoms with Crippen molar-refractivity contribution in [3.8, 4) is 0 Å². The Balaban J connectivity index is 2.32. The van der Waals surface area contributed by atoms with E-state index in [-0.39, 0.29) is 18.4 Å². The van der Waals surface area contributed by atoms with Crippen LogP contribution in [0.1, 0.15) is 33.6 Å². The number of nitrogens with one attached hydrogen (secondary N) is 1. The van der Waals surface area contributed by atoms with Crippen molar-refractivity contribution in [1.29, 1.82) is 0 Å². The van der Waals surface area contributed by atoms with Crippen molar-refractivity contribution < 1.29 is 14.4 Å². The second-order valence-electron chi connectivity index (χ2n) is 4.97. The first-order valence-corrected chi connectivity index (χ1v) is 5.63. The van der Waals surface area contributed by atoms with Gasteiger partial charge in [0.25, 0.3) is 5.91 Å². The fourth-order valence-corrected chi connectivity index (χ4v) is 1.30. The van der Waals surface area contributed by atoms with Gasteiger partial charge in [-0.15, -0.1) is 0 Å². The van der Waals surface area contributed by atoms with Gasteiger partial charge in [0.1, 0.15) is 0 Å². The third-order valence-electron chi connectivity index (χ3n) is 2.36. The minimum atomic E-state index is -0.469. The Labute approximate surface area is 96.1 Å². The molecule has 1 heterocycles. The van der Waals surface area contributed by atoms with Gasteiger partial charge in [-0.2, -0.15) is 0 Å². The maximum atomic E-state index is 11.6. The molecular formula is C11H20N2O3. The van der Waals surface area contributed by atoms with Crippen molar-refractivity contribution in [3.63, 3.8) is 0 Å². The van der Waals surface area contributed by atoms with Crippen LogP contribution in [0.4, 0.5) is 0 Å². The summed E-state index contributed by atoms with van der Waals surface area (Å²) in [6.07, 6.45) is 1.94. The molecule has 0 aromatic carbocycles. The quantitative estimate of drug-likeness (QED) is 0.757. The Morgan fingerprint density at radius 1 is 1.31 bits per heavy atom. The Morgan fingerprint density at radius 3 is 2.50 bits per heavy atom. The molecule has 0 atom stereocenters. The van der Waals surface area contributed by atoms with Crippen LogP contribution in [0.25, 0.3) is 0 Å². The van der Waals surface area contributed by atoms with Crippen LogP contribution in [0.15, 0.2) is 0 Å². The number of carbonyl (C=O) groups excluding carboxylic acids is 2. The molecule has 1 aliphatic rings. The predicted molar refractivity (Wildman–Crippen MR) is 59.4 cm³/mol. The predicted octanol–water partition coefficient (Wildman–Crippen LogP) is 0.703. The number of rotatable bonds is 2. The lowest BCUT2D eigenvalue weighted by Gasteiger charge is -2.26. The molecule has 0 bridgehead atoms. The molecule has 0 spiro atoms. The summed E-state index contributed by atoms with van der Waals surface area (Å²) in [5, 5.41) is 3.95. The van der Waals surface area contributed by atoms with Gasteiger partial charge in [-0.3, -0.25) is 14.4 Å². The van der Waals surface area contributed by atoms with E-state index in [9.17, 15) is 9.59 Å². The number of hydrogen-bond acceptors (Lipinski definition) is 3. The van der Waals surface area contributed by atoms with Gasteiger partial charge in [0.15, 0.2) is 0 Å². The van der Waals surface area contributed by atoms with E-state index in [2.05, 4.69) is 5.32 Å². The highest BCUT2D eigenvalue weighted by molar-refractivity contribution is 5.86. The standard InChI is InChI=1S/C11H20N2O3/c1-11(2,3)10(15)12-8-9(14)13-6-4-5-7-16-13/h4-8H2,1-3H3,(H,12,15). The Morgan fingerprint density at radius 2 is 2.00 bits per heavy atom. The van der Waals surface area contributed by atoms with Crippen LogP contribution in [0.5, 0.6) is 0 Å². The van der Waals surface area contributed by atoms with E-state index >= 15 is 0 Å². The van der Waals surface area contributed by atoms with Crippen molar-refractivity contribution in [1.82, 2.24) is 10.4 Å². The molecule has 1 rings (SSSR count). The van der Waals surface area contributed by atoms with Crippen molar-refractivity contribution in [3.05, 3.63) is 0 Å². The SMILES string of the molecule is CC(C)(C)C(=O)NCC(=O)N1CCCCO1. The molecule has 0 aromatic heterocycles. The van der Waals surface area contributed by atoms with Crippen LogP contribution in [0.3, 0.4) is 0 Å². The zero-order valence-electron chi connectivity index (χ0n) is 10.2. The van der Waals surface area contributed by atoms with Crippen LogP contribution in [0, 0.1) is 5.41 Å². The lowest BCUT2D eigenvalue weighted by atomic mass is 9.96.